The highest BCUT2D eigenvalue weighted by molar-refractivity contribution is 5.95. The summed E-state index contributed by atoms with van der Waals surface area (Å²) in [6.07, 6.45) is 0.670. The molecule has 0 bridgehead atoms. The summed E-state index contributed by atoms with van der Waals surface area (Å²) in [7, 11) is 0. The van der Waals surface area contributed by atoms with Crippen LogP contribution in [0.5, 0.6) is 5.75 Å². The van der Waals surface area contributed by atoms with E-state index in [1.165, 1.54) is 24.3 Å². The Morgan fingerprint density at radius 1 is 0.806 bits per heavy atom. The van der Waals surface area contributed by atoms with Crippen molar-refractivity contribution in [2.24, 2.45) is 5.73 Å². The Labute approximate surface area is 179 Å². The van der Waals surface area contributed by atoms with Gasteiger partial charge in [-0.15, -0.1) is 0 Å². The molecule has 0 aliphatic heterocycles. The van der Waals surface area contributed by atoms with Gasteiger partial charge in [0.2, 0.25) is 5.91 Å². The first-order valence-electron chi connectivity index (χ1n) is 9.61. The first-order valence-corrected chi connectivity index (χ1v) is 9.61. The molecule has 7 heteroatoms. The number of benzene rings is 3. The smallest absolute Gasteiger partial charge is 0.344 e. The molecule has 3 N–H and O–H groups in total. The molecule has 0 fully saturated rings. The highest BCUT2D eigenvalue weighted by Gasteiger charge is 2.11. The van der Waals surface area contributed by atoms with Gasteiger partial charge < -0.3 is 20.5 Å². The van der Waals surface area contributed by atoms with Crippen molar-refractivity contribution in [1.82, 2.24) is 0 Å². The molecule has 158 valence electrons. The zero-order valence-corrected chi connectivity index (χ0v) is 16.7. The van der Waals surface area contributed by atoms with Crippen molar-refractivity contribution in [3.8, 4) is 5.75 Å². The fourth-order valence-electron chi connectivity index (χ4n) is 2.85. The standard InChI is InChI=1S/C24H22N2O5/c25-24(29)18-10-12-20(13-11-18)26-22(27)15-31-23(28)16-30-21-9-5-4-8-19(21)14-17-6-2-1-3-7-17/h1-13H,14-16H2,(H2,25,29)(H,26,27). The molecule has 0 unspecified atom stereocenters. The number of rotatable bonds is 9. The van der Waals surface area contributed by atoms with E-state index in [2.05, 4.69) is 5.32 Å². The predicted octanol–water partition coefficient (Wildman–Crippen LogP) is 2.94. The maximum Gasteiger partial charge on any atom is 0.344 e. The highest BCUT2D eigenvalue weighted by atomic mass is 16.6. The van der Waals surface area contributed by atoms with Crippen molar-refractivity contribution in [3.63, 3.8) is 0 Å². The van der Waals surface area contributed by atoms with Crippen LogP contribution in [0.4, 0.5) is 5.69 Å². The van der Waals surface area contributed by atoms with Crippen LogP contribution in [0.2, 0.25) is 0 Å². The lowest BCUT2D eigenvalue weighted by Crippen LogP contribution is -2.23. The van der Waals surface area contributed by atoms with E-state index in [4.69, 9.17) is 15.2 Å². The van der Waals surface area contributed by atoms with Gasteiger partial charge in [-0.1, -0.05) is 48.5 Å². The number of para-hydroxylation sites is 1. The van der Waals surface area contributed by atoms with Crippen LogP contribution in [0.1, 0.15) is 21.5 Å². The van der Waals surface area contributed by atoms with E-state index in [-0.39, 0.29) is 6.61 Å². The van der Waals surface area contributed by atoms with E-state index >= 15 is 0 Å². The molecule has 3 aromatic rings. The highest BCUT2D eigenvalue weighted by Crippen LogP contribution is 2.21. The van der Waals surface area contributed by atoms with Gasteiger partial charge in [-0.3, -0.25) is 9.59 Å². The minimum atomic E-state index is -0.659. The summed E-state index contributed by atoms with van der Waals surface area (Å²) in [5.74, 6) is -1.14. The molecule has 0 aliphatic carbocycles. The molecular formula is C24H22N2O5. The fourth-order valence-corrected chi connectivity index (χ4v) is 2.85. The van der Waals surface area contributed by atoms with Crippen molar-refractivity contribution >= 4 is 23.5 Å². The lowest BCUT2D eigenvalue weighted by atomic mass is 10.0. The van der Waals surface area contributed by atoms with Gasteiger partial charge in [0, 0.05) is 17.7 Å². The number of nitrogens with one attached hydrogen (secondary N) is 1. The van der Waals surface area contributed by atoms with E-state index in [1.807, 2.05) is 48.5 Å². The number of amides is 2. The van der Waals surface area contributed by atoms with E-state index < -0.39 is 24.4 Å². The van der Waals surface area contributed by atoms with Crippen LogP contribution < -0.4 is 15.8 Å². The Balaban J connectivity index is 1.46. The molecule has 0 atom stereocenters. The maximum atomic E-state index is 12.0. The second-order valence-electron chi connectivity index (χ2n) is 6.71. The Hall–Kier alpha value is -4.13. The van der Waals surface area contributed by atoms with Gasteiger partial charge in [-0.25, -0.2) is 4.79 Å². The Morgan fingerprint density at radius 2 is 1.48 bits per heavy atom. The van der Waals surface area contributed by atoms with Crippen molar-refractivity contribution in [1.29, 1.82) is 0 Å². The molecule has 31 heavy (non-hydrogen) atoms. The minimum absolute atomic E-state index is 0.313. The van der Waals surface area contributed by atoms with Crippen molar-refractivity contribution in [3.05, 3.63) is 95.6 Å². The number of ether oxygens (including phenoxy) is 2. The summed E-state index contributed by atoms with van der Waals surface area (Å²) in [6.45, 7) is -0.766. The Morgan fingerprint density at radius 3 is 2.19 bits per heavy atom. The van der Waals surface area contributed by atoms with Crippen LogP contribution in [0.3, 0.4) is 0 Å². The molecule has 3 rings (SSSR count). The molecule has 0 heterocycles. The largest absolute Gasteiger partial charge is 0.482 e. The molecule has 0 spiro atoms. The number of hydrogen-bond donors (Lipinski definition) is 2. The number of carbonyl (C=O) groups excluding carboxylic acids is 3. The molecule has 0 saturated carbocycles. The average Bonchev–Trinajstić information content (AvgIpc) is 2.78. The first-order chi connectivity index (χ1) is 15.0. The lowest BCUT2D eigenvalue weighted by Gasteiger charge is -2.11. The van der Waals surface area contributed by atoms with Crippen molar-refractivity contribution < 1.29 is 23.9 Å². The zero-order chi connectivity index (χ0) is 22.1. The lowest BCUT2D eigenvalue weighted by molar-refractivity contribution is -0.149. The summed E-state index contributed by atoms with van der Waals surface area (Å²) in [6, 6.07) is 23.4. The van der Waals surface area contributed by atoms with Crippen LogP contribution in [-0.2, 0) is 20.7 Å². The molecule has 0 radical (unpaired) electrons. The molecule has 2 amide bonds. The topological polar surface area (TPSA) is 108 Å². The molecule has 0 aliphatic rings. The number of primary amides is 1. The van der Waals surface area contributed by atoms with Crippen LogP contribution >= 0.6 is 0 Å². The van der Waals surface area contributed by atoms with Crippen LogP contribution in [-0.4, -0.2) is 31.0 Å². The van der Waals surface area contributed by atoms with Gasteiger partial charge in [0.1, 0.15) is 5.75 Å². The SMILES string of the molecule is NC(=O)c1ccc(NC(=O)COC(=O)COc2ccccc2Cc2ccccc2)cc1. The zero-order valence-electron chi connectivity index (χ0n) is 16.7. The summed E-state index contributed by atoms with van der Waals surface area (Å²) in [4.78, 5) is 35.0. The molecule has 3 aromatic carbocycles. The second kappa shape index (κ2) is 10.6. The third-order valence-electron chi connectivity index (χ3n) is 4.37. The Bertz CT molecular complexity index is 1050. The average molecular weight is 418 g/mol. The third kappa shape index (κ3) is 6.71. The molecule has 0 saturated heterocycles. The third-order valence-corrected chi connectivity index (χ3v) is 4.37. The van der Waals surface area contributed by atoms with Crippen LogP contribution in [0.15, 0.2) is 78.9 Å². The molecular weight excluding hydrogens is 396 g/mol. The second-order valence-corrected chi connectivity index (χ2v) is 6.71. The summed E-state index contributed by atoms with van der Waals surface area (Å²) >= 11 is 0. The predicted molar refractivity (Wildman–Crippen MR) is 116 cm³/mol. The van der Waals surface area contributed by atoms with Gasteiger partial charge in [-0.05, 0) is 41.5 Å². The van der Waals surface area contributed by atoms with E-state index in [0.717, 1.165) is 11.1 Å². The van der Waals surface area contributed by atoms with Crippen LogP contribution in [0.25, 0.3) is 0 Å². The van der Waals surface area contributed by atoms with Crippen molar-refractivity contribution in [2.45, 2.75) is 6.42 Å². The normalized spacial score (nSPS) is 10.2. The number of nitrogens with two attached hydrogens (primary N) is 1. The van der Waals surface area contributed by atoms with Crippen molar-refractivity contribution in [2.75, 3.05) is 18.5 Å². The number of esters is 1. The maximum absolute atomic E-state index is 12.0. The van der Waals surface area contributed by atoms with E-state index in [0.29, 0.717) is 23.4 Å². The van der Waals surface area contributed by atoms with E-state index in [1.54, 1.807) is 6.07 Å². The number of carbonyl (C=O) groups is 3. The van der Waals surface area contributed by atoms with Crippen LogP contribution in [0, 0.1) is 0 Å². The van der Waals surface area contributed by atoms with Gasteiger partial charge >= 0.3 is 5.97 Å². The van der Waals surface area contributed by atoms with Gasteiger partial charge in [-0.2, -0.15) is 0 Å². The number of hydrogen-bond acceptors (Lipinski definition) is 5. The van der Waals surface area contributed by atoms with Gasteiger partial charge in [0.15, 0.2) is 13.2 Å². The minimum Gasteiger partial charge on any atom is -0.482 e. The summed E-state index contributed by atoms with van der Waals surface area (Å²) < 4.78 is 10.6. The quantitative estimate of drug-likeness (QED) is 0.520. The summed E-state index contributed by atoms with van der Waals surface area (Å²) in [5.41, 5.74) is 8.02. The fraction of sp³-hybridized carbons (Fsp3) is 0.125. The first kappa shape index (κ1) is 21.6. The number of anilines is 1. The Kier molecular flexibility index (Phi) is 7.37. The molecule has 7 nitrogen and oxygen atoms in total. The summed E-state index contributed by atoms with van der Waals surface area (Å²) in [5, 5.41) is 2.56. The van der Waals surface area contributed by atoms with E-state index in [9.17, 15) is 14.4 Å². The van der Waals surface area contributed by atoms with Gasteiger partial charge in [0.25, 0.3) is 5.91 Å². The molecule has 0 aromatic heterocycles. The van der Waals surface area contributed by atoms with Gasteiger partial charge in [0.05, 0.1) is 0 Å². The monoisotopic (exact) mass is 418 g/mol.